The fraction of sp³-hybridized carbons (Fsp3) is 0.190. The van der Waals surface area contributed by atoms with Crippen molar-refractivity contribution in [3.05, 3.63) is 65.2 Å². The van der Waals surface area contributed by atoms with Crippen LogP contribution in [0.3, 0.4) is 0 Å². The first-order chi connectivity index (χ1) is 13.8. The average Bonchev–Trinajstić information content (AvgIpc) is 2.71. The summed E-state index contributed by atoms with van der Waals surface area (Å²) in [6, 6.07) is 13.4. The molecule has 0 heterocycles. The molecule has 0 bridgehead atoms. The minimum absolute atomic E-state index is 0.101. The summed E-state index contributed by atoms with van der Waals surface area (Å²) in [5, 5.41) is 9.23. The summed E-state index contributed by atoms with van der Waals surface area (Å²) in [6.45, 7) is -1.62. The number of halogens is 2. The predicted octanol–water partition coefficient (Wildman–Crippen LogP) is 4.02. The van der Waals surface area contributed by atoms with Gasteiger partial charge in [0.2, 0.25) is 5.78 Å². The maximum Gasteiger partial charge on any atom is 0.387 e. The third kappa shape index (κ3) is 6.14. The fourth-order valence-electron chi connectivity index (χ4n) is 2.32. The standard InChI is InChI=1S/C21H17F2NO5/c1-13(19(25)15-5-9-18(10-6-15)29-21(22)23)28-20(26)16(12-24)11-14-3-7-17(27-2)8-4-14/h3-11,13,21H,1-2H3/b16-11+/t13-/m0/s1. The molecule has 0 saturated carbocycles. The highest BCUT2D eigenvalue weighted by Gasteiger charge is 2.22. The van der Waals surface area contributed by atoms with Gasteiger partial charge in [0.05, 0.1) is 7.11 Å². The van der Waals surface area contributed by atoms with E-state index in [1.165, 1.54) is 44.4 Å². The zero-order valence-electron chi connectivity index (χ0n) is 15.6. The van der Waals surface area contributed by atoms with Gasteiger partial charge in [-0.05, 0) is 55.0 Å². The molecular formula is C21H17F2NO5. The molecule has 2 aromatic carbocycles. The van der Waals surface area contributed by atoms with E-state index >= 15 is 0 Å². The number of ketones is 1. The first-order valence-corrected chi connectivity index (χ1v) is 8.40. The summed E-state index contributed by atoms with van der Waals surface area (Å²) in [7, 11) is 1.51. The van der Waals surface area contributed by atoms with Crippen LogP contribution in [-0.2, 0) is 9.53 Å². The molecule has 8 heteroatoms. The second kappa shape index (κ2) is 9.99. The van der Waals surface area contributed by atoms with Gasteiger partial charge in [0.1, 0.15) is 23.1 Å². The van der Waals surface area contributed by atoms with Gasteiger partial charge < -0.3 is 14.2 Å². The minimum Gasteiger partial charge on any atom is -0.497 e. The molecule has 0 fully saturated rings. The molecule has 0 N–H and O–H groups in total. The van der Waals surface area contributed by atoms with E-state index in [-0.39, 0.29) is 16.9 Å². The van der Waals surface area contributed by atoms with Gasteiger partial charge in [-0.2, -0.15) is 14.0 Å². The first-order valence-electron chi connectivity index (χ1n) is 8.40. The molecule has 2 aromatic rings. The van der Waals surface area contributed by atoms with Crippen LogP contribution in [-0.4, -0.2) is 31.6 Å². The largest absolute Gasteiger partial charge is 0.497 e. The number of nitriles is 1. The zero-order valence-corrected chi connectivity index (χ0v) is 15.6. The molecule has 0 spiro atoms. The summed E-state index contributed by atoms with van der Waals surface area (Å²) >= 11 is 0. The second-order valence-corrected chi connectivity index (χ2v) is 5.76. The van der Waals surface area contributed by atoms with Crippen molar-refractivity contribution in [2.75, 3.05) is 7.11 Å². The van der Waals surface area contributed by atoms with Crippen molar-refractivity contribution < 1.29 is 32.6 Å². The van der Waals surface area contributed by atoms with Crippen LogP contribution in [0, 0.1) is 11.3 Å². The van der Waals surface area contributed by atoms with Crippen molar-refractivity contribution in [2.45, 2.75) is 19.6 Å². The van der Waals surface area contributed by atoms with E-state index in [4.69, 9.17) is 9.47 Å². The average molecular weight is 401 g/mol. The molecule has 6 nitrogen and oxygen atoms in total. The SMILES string of the molecule is COc1ccc(/C=C(\C#N)C(=O)O[C@@H](C)C(=O)c2ccc(OC(F)F)cc2)cc1. The second-order valence-electron chi connectivity index (χ2n) is 5.76. The van der Waals surface area contributed by atoms with Crippen molar-refractivity contribution in [3.63, 3.8) is 0 Å². The van der Waals surface area contributed by atoms with Crippen LogP contribution in [0.4, 0.5) is 8.78 Å². The molecule has 2 rings (SSSR count). The number of nitrogens with zero attached hydrogens (tertiary/aromatic N) is 1. The van der Waals surface area contributed by atoms with Crippen LogP contribution in [0.5, 0.6) is 11.5 Å². The molecule has 29 heavy (non-hydrogen) atoms. The predicted molar refractivity (Wildman–Crippen MR) is 99.5 cm³/mol. The topological polar surface area (TPSA) is 85.6 Å². The van der Waals surface area contributed by atoms with Gasteiger partial charge in [0.25, 0.3) is 0 Å². The van der Waals surface area contributed by atoms with Crippen LogP contribution in [0.25, 0.3) is 6.08 Å². The maximum atomic E-state index is 12.4. The molecule has 0 amide bonds. The number of hydrogen-bond donors (Lipinski definition) is 0. The Hall–Kier alpha value is -3.73. The van der Waals surface area contributed by atoms with E-state index < -0.39 is 24.5 Å². The van der Waals surface area contributed by atoms with E-state index in [9.17, 15) is 23.6 Å². The number of hydrogen-bond acceptors (Lipinski definition) is 6. The number of carbonyl (C=O) groups excluding carboxylic acids is 2. The molecule has 0 aliphatic heterocycles. The maximum absolute atomic E-state index is 12.4. The number of Topliss-reactive ketones (excluding diaryl/α,β-unsaturated/α-hetero) is 1. The van der Waals surface area contributed by atoms with Gasteiger partial charge in [0.15, 0.2) is 6.10 Å². The summed E-state index contributed by atoms with van der Waals surface area (Å²) in [5.41, 5.74) is 0.438. The van der Waals surface area contributed by atoms with Crippen molar-refractivity contribution in [2.24, 2.45) is 0 Å². The van der Waals surface area contributed by atoms with Gasteiger partial charge in [-0.3, -0.25) is 4.79 Å². The fourth-order valence-corrected chi connectivity index (χ4v) is 2.32. The van der Waals surface area contributed by atoms with Crippen molar-refractivity contribution in [1.29, 1.82) is 5.26 Å². The van der Waals surface area contributed by atoms with Gasteiger partial charge in [0, 0.05) is 5.56 Å². The van der Waals surface area contributed by atoms with E-state index in [1.807, 2.05) is 0 Å². The smallest absolute Gasteiger partial charge is 0.387 e. The van der Waals surface area contributed by atoms with Crippen LogP contribution < -0.4 is 9.47 Å². The van der Waals surface area contributed by atoms with Crippen LogP contribution in [0.15, 0.2) is 54.1 Å². The van der Waals surface area contributed by atoms with Crippen molar-refractivity contribution in [1.82, 2.24) is 0 Å². The zero-order chi connectivity index (χ0) is 21.4. The van der Waals surface area contributed by atoms with E-state index in [0.29, 0.717) is 11.3 Å². The van der Waals surface area contributed by atoms with Crippen LogP contribution in [0.1, 0.15) is 22.8 Å². The number of methoxy groups -OCH3 is 1. The lowest BCUT2D eigenvalue weighted by Crippen LogP contribution is -2.25. The highest BCUT2D eigenvalue weighted by Crippen LogP contribution is 2.18. The number of ether oxygens (including phenoxy) is 3. The van der Waals surface area contributed by atoms with Crippen LogP contribution in [0.2, 0.25) is 0 Å². The van der Waals surface area contributed by atoms with Crippen molar-refractivity contribution >= 4 is 17.8 Å². The highest BCUT2D eigenvalue weighted by atomic mass is 19.3. The summed E-state index contributed by atoms with van der Waals surface area (Å²) < 4.78 is 38.7. The summed E-state index contributed by atoms with van der Waals surface area (Å²) in [4.78, 5) is 24.6. The van der Waals surface area contributed by atoms with E-state index in [1.54, 1.807) is 30.3 Å². The van der Waals surface area contributed by atoms with Gasteiger partial charge >= 0.3 is 12.6 Å². The number of rotatable bonds is 8. The van der Waals surface area contributed by atoms with E-state index in [2.05, 4.69) is 4.74 Å². The summed E-state index contributed by atoms with van der Waals surface area (Å²) in [5.74, 6) is -0.992. The Bertz CT molecular complexity index is 931. The Kier molecular flexibility index (Phi) is 7.43. The molecule has 1 atom stereocenters. The van der Waals surface area contributed by atoms with Crippen LogP contribution >= 0.6 is 0 Å². The normalized spacial score (nSPS) is 12.1. The quantitative estimate of drug-likeness (QED) is 0.287. The van der Waals surface area contributed by atoms with E-state index in [0.717, 1.165) is 0 Å². The van der Waals surface area contributed by atoms with Gasteiger partial charge in [-0.15, -0.1) is 0 Å². The highest BCUT2D eigenvalue weighted by molar-refractivity contribution is 6.03. The third-order valence-corrected chi connectivity index (χ3v) is 3.78. The molecule has 0 aliphatic rings. The monoisotopic (exact) mass is 401 g/mol. The van der Waals surface area contributed by atoms with Gasteiger partial charge in [-0.1, -0.05) is 12.1 Å². The Morgan fingerprint density at radius 3 is 2.14 bits per heavy atom. The molecular weight excluding hydrogens is 384 g/mol. The van der Waals surface area contributed by atoms with Crippen molar-refractivity contribution in [3.8, 4) is 17.6 Å². The minimum atomic E-state index is -2.97. The molecule has 0 aliphatic carbocycles. The molecule has 0 radical (unpaired) electrons. The number of esters is 1. The lowest BCUT2D eigenvalue weighted by Gasteiger charge is -2.12. The molecule has 0 unspecified atom stereocenters. The lowest BCUT2D eigenvalue weighted by molar-refractivity contribution is -0.141. The third-order valence-electron chi connectivity index (χ3n) is 3.78. The molecule has 0 aromatic heterocycles. The number of carbonyl (C=O) groups is 2. The number of alkyl halides is 2. The lowest BCUT2D eigenvalue weighted by atomic mass is 10.1. The Labute approximate surface area is 165 Å². The summed E-state index contributed by atoms with van der Waals surface area (Å²) in [6.07, 6.45) is 0.145. The first kappa shape index (κ1) is 21.6. The Balaban J connectivity index is 2.06. The Morgan fingerprint density at radius 2 is 1.62 bits per heavy atom. The van der Waals surface area contributed by atoms with Gasteiger partial charge in [-0.25, -0.2) is 4.79 Å². The number of benzene rings is 2. The molecule has 150 valence electrons. The molecule has 0 saturated heterocycles. The Morgan fingerprint density at radius 1 is 1.03 bits per heavy atom.